The van der Waals surface area contributed by atoms with Crippen LogP contribution in [0.1, 0.15) is 5.56 Å². The van der Waals surface area contributed by atoms with Gasteiger partial charge in [-0.3, -0.25) is 4.98 Å². The number of pyridine rings is 1. The van der Waals surface area contributed by atoms with Gasteiger partial charge >= 0.3 is 0 Å². The topological polar surface area (TPSA) is 12.9 Å². The lowest BCUT2D eigenvalue weighted by Gasteiger charge is -2.10. The highest BCUT2D eigenvalue weighted by atomic mass is 14.7. The van der Waals surface area contributed by atoms with E-state index in [1.54, 1.807) is 0 Å². The molecule has 4 aromatic carbocycles. The van der Waals surface area contributed by atoms with Gasteiger partial charge < -0.3 is 0 Å². The third-order valence-electron chi connectivity index (χ3n) is 5.19. The fraction of sp³-hybridized carbons (Fsp3) is 0.0385. The molecule has 0 N–H and O–H groups in total. The molecule has 128 valence electrons. The van der Waals surface area contributed by atoms with E-state index in [0.29, 0.717) is 0 Å². The quantitative estimate of drug-likeness (QED) is 0.313. The highest BCUT2D eigenvalue weighted by Crippen LogP contribution is 2.33. The van der Waals surface area contributed by atoms with Crippen LogP contribution in [0, 0.1) is 6.92 Å². The molecule has 0 spiro atoms. The molecule has 0 saturated heterocycles. The second kappa shape index (κ2) is 6.37. The molecule has 1 heterocycles. The van der Waals surface area contributed by atoms with E-state index in [0.717, 1.165) is 11.3 Å². The monoisotopic (exact) mass is 345 g/mol. The molecule has 5 rings (SSSR count). The molecule has 0 bridgehead atoms. The van der Waals surface area contributed by atoms with Crippen LogP contribution in [-0.4, -0.2) is 4.98 Å². The lowest BCUT2D eigenvalue weighted by molar-refractivity contribution is 1.36. The molecule has 0 fully saturated rings. The average Bonchev–Trinajstić information content (AvgIpc) is 2.74. The van der Waals surface area contributed by atoms with Crippen molar-refractivity contribution in [3.63, 3.8) is 0 Å². The van der Waals surface area contributed by atoms with E-state index in [9.17, 15) is 0 Å². The maximum Gasteiger partial charge on any atom is 0.0780 e. The van der Waals surface area contributed by atoms with Crippen LogP contribution < -0.4 is 0 Å². The van der Waals surface area contributed by atoms with Gasteiger partial charge in [-0.1, -0.05) is 84.4 Å². The van der Waals surface area contributed by atoms with Gasteiger partial charge in [-0.15, -0.1) is 0 Å². The van der Waals surface area contributed by atoms with Crippen LogP contribution in [-0.2, 0) is 0 Å². The predicted octanol–water partition coefficient (Wildman–Crippen LogP) is 7.03. The van der Waals surface area contributed by atoms with Crippen molar-refractivity contribution in [2.24, 2.45) is 0 Å². The molecule has 0 atom stereocenters. The number of aromatic nitrogens is 1. The first kappa shape index (κ1) is 15.8. The van der Waals surface area contributed by atoms with Gasteiger partial charge in [-0.2, -0.15) is 0 Å². The zero-order valence-electron chi connectivity index (χ0n) is 15.2. The number of rotatable bonds is 2. The van der Waals surface area contributed by atoms with Crippen molar-refractivity contribution in [3.05, 3.63) is 103 Å². The zero-order valence-corrected chi connectivity index (χ0v) is 15.2. The minimum Gasteiger partial charge on any atom is -0.256 e. The molecule has 0 aliphatic carbocycles. The molecular formula is C26H19N. The molecule has 1 nitrogen and oxygen atoms in total. The lowest BCUT2D eigenvalue weighted by atomic mass is 9.96. The lowest BCUT2D eigenvalue weighted by Crippen LogP contribution is -1.88. The third kappa shape index (κ3) is 2.78. The summed E-state index contributed by atoms with van der Waals surface area (Å²) in [5.74, 6) is 0. The molecule has 0 aliphatic heterocycles. The van der Waals surface area contributed by atoms with E-state index in [1.165, 1.54) is 38.2 Å². The first-order valence-electron chi connectivity index (χ1n) is 9.23. The molecule has 1 aromatic heterocycles. The summed E-state index contributed by atoms with van der Waals surface area (Å²) in [7, 11) is 0. The Morgan fingerprint density at radius 1 is 0.556 bits per heavy atom. The first-order chi connectivity index (χ1) is 13.3. The van der Waals surface area contributed by atoms with Crippen molar-refractivity contribution in [2.45, 2.75) is 6.92 Å². The molecule has 27 heavy (non-hydrogen) atoms. The van der Waals surface area contributed by atoms with Crippen LogP contribution in [0.25, 0.3) is 43.9 Å². The van der Waals surface area contributed by atoms with E-state index < -0.39 is 0 Å². The minimum absolute atomic E-state index is 1.03. The summed E-state index contributed by atoms with van der Waals surface area (Å²) in [5, 5.41) is 4.97. The van der Waals surface area contributed by atoms with Gasteiger partial charge in [-0.05, 0) is 46.3 Å². The maximum atomic E-state index is 4.73. The van der Waals surface area contributed by atoms with Gasteiger partial charge in [0.25, 0.3) is 0 Å². The van der Waals surface area contributed by atoms with E-state index >= 15 is 0 Å². The fourth-order valence-electron chi connectivity index (χ4n) is 3.76. The van der Waals surface area contributed by atoms with Crippen molar-refractivity contribution in [1.82, 2.24) is 4.98 Å². The Balaban J connectivity index is 1.71. The Morgan fingerprint density at radius 3 is 2.26 bits per heavy atom. The summed E-state index contributed by atoms with van der Waals surface area (Å²) in [5.41, 5.74) is 5.90. The van der Waals surface area contributed by atoms with E-state index in [1.807, 2.05) is 6.20 Å². The largest absolute Gasteiger partial charge is 0.256 e. The van der Waals surface area contributed by atoms with Crippen LogP contribution in [0.15, 0.2) is 97.2 Å². The summed E-state index contributed by atoms with van der Waals surface area (Å²) < 4.78 is 0. The second-order valence-corrected chi connectivity index (χ2v) is 6.99. The molecule has 1 heteroatoms. The predicted molar refractivity (Wildman–Crippen MR) is 115 cm³/mol. The number of aryl methyl sites for hydroxylation is 1. The van der Waals surface area contributed by atoms with Crippen LogP contribution in [0.2, 0.25) is 0 Å². The zero-order chi connectivity index (χ0) is 18.2. The molecule has 5 aromatic rings. The number of benzene rings is 4. The molecule has 0 saturated carbocycles. The van der Waals surface area contributed by atoms with Crippen molar-refractivity contribution in [1.29, 1.82) is 0 Å². The summed E-state index contributed by atoms with van der Waals surface area (Å²) >= 11 is 0. The minimum atomic E-state index is 1.03. The molecule has 0 amide bonds. The normalized spacial score (nSPS) is 11.1. The van der Waals surface area contributed by atoms with Gasteiger partial charge in [0.2, 0.25) is 0 Å². The standard InChI is InChI=1S/C26H19N/c1-18-9-11-19(12-10-18)21-6-4-7-22(17-21)26-25-14-13-20-5-2-3-8-23(20)24(25)15-16-27-26/h2-17H,1H3. The molecule has 0 aliphatic rings. The van der Waals surface area contributed by atoms with Gasteiger partial charge in [-0.25, -0.2) is 0 Å². The average molecular weight is 345 g/mol. The Kier molecular flexibility index (Phi) is 3.72. The van der Waals surface area contributed by atoms with Gasteiger partial charge in [0, 0.05) is 17.1 Å². The van der Waals surface area contributed by atoms with Gasteiger partial charge in [0.1, 0.15) is 0 Å². The second-order valence-electron chi connectivity index (χ2n) is 6.99. The fourth-order valence-corrected chi connectivity index (χ4v) is 3.76. The number of fused-ring (bicyclic) bond motifs is 3. The van der Waals surface area contributed by atoms with Crippen molar-refractivity contribution in [2.75, 3.05) is 0 Å². The van der Waals surface area contributed by atoms with Crippen LogP contribution in [0.4, 0.5) is 0 Å². The van der Waals surface area contributed by atoms with E-state index in [-0.39, 0.29) is 0 Å². The highest BCUT2D eigenvalue weighted by molar-refractivity contribution is 6.11. The van der Waals surface area contributed by atoms with E-state index in [2.05, 4.69) is 97.9 Å². The SMILES string of the molecule is Cc1ccc(-c2cccc(-c3nccc4c3ccc3ccccc34)c2)cc1. The van der Waals surface area contributed by atoms with Crippen molar-refractivity contribution in [3.8, 4) is 22.4 Å². The van der Waals surface area contributed by atoms with Crippen LogP contribution >= 0.6 is 0 Å². The van der Waals surface area contributed by atoms with Crippen molar-refractivity contribution < 1.29 is 0 Å². The van der Waals surface area contributed by atoms with Crippen LogP contribution in [0.5, 0.6) is 0 Å². The molecule has 0 radical (unpaired) electrons. The molecular weight excluding hydrogens is 326 g/mol. The smallest absolute Gasteiger partial charge is 0.0780 e. The Morgan fingerprint density at radius 2 is 1.37 bits per heavy atom. The number of hydrogen-bond acceptors (Lipinski definition) is 1. The maximum absolute atomic E-state index is 4.73. The summed E-state index contributed by atoms with van der Waals surface area (Å²) in [6, 6.07) is 32.4. The van der Waals surface area contributed by atoms with Crippen LogP contribution in [0.3, 0.4) is 0 Å². The Labute approximate surface area is 158 Å². The van der Waals surface area contributed by atoms with E-state index in [4.69, 9.17) is 4.98 Å². The Hall–Kier alpha value is -3.45. The summed E-state index contributed by atoms with van der Waals surface area (Å²) in [6.07, 6.45) is 1.92. The van der Waals surface area contributed by atoms with Gasteiger partial charge in [0.05, 0.1) is 5.69 Å². The van der Waals surface area contributed by atoms with Crippen molar-refractivity contribution >= 4 is 21.5 Å². The summed E-state index contributed by atoms with van der Waals surface area (Å²) in [4.78, 5) is 4.73. The molecule has 0 unspecified atom stereocenters. The summed E-state index contributed by atoms with van der Waals surface area (Å²) in [6.45, 7) is 2.12. The highest BCUT2D eigenvalue weighted by Gasteiger charge is 2.09. The first-order valence-corrected chi connectivity index (χ1v) is 9.23. The van der Waals surface area contributed by atoms with Gasteiger partial charge in [0.15, 0.2) is 0 Å². The Bertz CT molecular complexity index is 1270. The number of hydrogen-bond donors (Lipinski definition) is 0. The third-order valence-corrected chi connectivity index (χ3v) is 5.19. The number of nitrogens with zero attached hydrogens (tertiary/aromatic N) is 1.